The summed E-state index contributed by atoms with van der Waals surface area (Å²) < 4.78 is 11.1. The first kappa shape index (κ1) is 16.0. The number of ether oxygens (including phenoxy) is 2. The quantitative estimate of drug-likeness (QED) is 0.606. The van der Waals surface area contributed by atoms with Gasteiger partial charge in [0.25, 0.3) is 11.8 Å². The third-order valence-electron chi connectivity index (χ3n) is 4.19. The van der Waals surface area contributed by atoms with Gasteiger partial charge < -0.3 is 9.47 Å². The molecular formula is C17H18N2O5. The third kappa shape index (κ3) is 2.42. The van der Waals surface area contributed by atoms with Crippen molar-refractivity contribution in [2.45, 2.75) is 19.4 Å². The molecule has 2 aliphatic heterocycles. The van der Waals surface area contributed by atoms with Crippen LogP contribution >= 0.6 is 0 Å². The highest BCUT2D eigenvalue weighted by molar-refractivity contribution is 6.30. The summed E-state index contributed by atoms with van der Waals surface area (Å²) in [5, 5.41) is 0. The van der Waals surface area contributed by atoms with E-state index in [4.69, 9.17) is 9.47 Å². The number of carbonyl (C=O) groups is 3. The number of barbiturate groups is 1. The fraction of sp³-hybridized carbons (Fsp3) is 0.353. The van der Waals surface area contributed by atoms with Gasteiger partial charge in [0, 0.05) is 31.6 Å². The van der Waals surface area contributed by atoms with E-state index in [0.717, 1.165) is 21.8 Å². The average molecular weight is 330 g/mol. The van der Waals surface area contributed by atoms with Crippen LogP contribution in [0.5, 0.6) is 11.5 Å². The molecule has 24 heavy (non-hydrogen) atoms. The van der Waals surface area contributed by atoms with Crippen molar-refractivity contribution in [2.75, 3.05) is 21.2 Å². The summed E-state index contributed by atoms with van der Waals surface area (Å²) in [7, 11) is 4.20. The number of carbonyl (C=O) groups excluding carboxylic acids is 3. The molecule has 2 heterocycles. The molecule has 1 unspecified atom stereocenters. The summed E-state index contributed by atoms with van der Waals surface area (Å²) >= 11 is 0. The lowest BCUT2D eigenvalue weighted by Crippen LogP contribution is -2.52. The predicted molar refractivity (Wildman–Crippen MR) is 85.7 cm³/mol. The van der Waals surface area contributed by atoms with Gasteiger partial charge >= 0.3 is 6.03 Å². The zero-order chi connectivity index (χ0) is 17.6. The van der Waals surface area contributed by atoms with Crippen molar-refractivity contribution < 1.29 is 23.9 Å². The second kappa shape index (κ2) is 5.67. The molecule has 0 saturated carbocycles. The largest absolute Gasteiger partial charge is 0.496 e. The number of fused-ring (bicyclic) bond motifs is 1. The Bertz CT molecular complexity index is 757. The van der Waals surface area contributed by atoms with Crippen LogP contribution in [0.25, 0.3) is 6.08 Å². The zero-order valence-corrected chi connectivity index (χ0v) is 14.0. The second-order valence-electron chi connectivity index (χ2n) is 5.90. The minimum Gasteiger partial charge on any atom is -0.496 e. The molecule has 0 spiro atoms. The van der Waals surface area contributed by atoms with E-state index in [1.807, 2.05) is 13.0 Å². The lowest BCUT2D eigenvalue weighted by Gasteiger charge is -2.29. The van der Waals surface area contributed by atoms with E-state index in [2.05, 4.69) is 0 Å². The van der Waals surface area contributed by atoms with Crippen LogP contribution in [0.4, 0.5) is 4.79 Å². The monoisotopic (exact) mass is 330 g/mol. The molecule has 0 N–H and O–H groups in total. The number of imide groups is 2. The number of benzene rings is 1. The lowest BCUT2D eigenvalue weighted by molar-refractivity contribution is -0.134. The van der Waals surface area contributed by atoms with Crippen LogP contribution in [0.2, 0.25) is 0 Å². The fourth-order valence-corrected chi connectivity index (χ4v) is 2.88. The van der Waals surface area contributed by atoms with Crippen molar-refractivity contribution in [2.24, 2.45) is 0 Å². The Labute approximate surface area is 139 Å². The van der Waals surface area contributed by atoms with E-state index in [-0.39, 0.29) is 11.7 Å². The Morgan fingerprint density at radius 1 is 1.17 bits per heavy atom. The highest BCUT2D eigenvalue weighted by Crippen LogP contribution is 2.36. The van der Waals surface area contributed by atoms with Gasteiger partial charge in [0.15, 0.2) is 0 Å². The smallest absolute Gasteiger partial charge is 0.333 e. The average Bonchev–Trinajstić information content (AvgIpc) is 2.93. The molecule has 3 rings (SSSR count). The number of rotatable bonds is 2. The van der Waals surface area contributed by atoms with Crippen molar-refractivity contribution in [3.8, 4) is 11.5 Å². The Kier molecular flexibility index (Phi) is 3.79. The maximum Gasteiger partial charge on any atom is 0.333 e. The Hall–Kier alpha value is -2.83. The molecule has 7 heteroatoms. The summed E-state index contributed by atoms with van der Waals surface area (Å²) in [6, 6.07) is 2.95. The lowest BCUT2D eigenvalue weighted by atomic mass is 10.0. The molecule has 0 radical (unpaired) electrons. The van der Waals surface area contributed by atoms with Crippen LogP contribution in [0, 0.1) is 0 Å². The van der Waals surface area contributed by atoms with Crippen LogP contribution in [0.3, 0.4) is 0 Å². The molecule has 1 atom stereocenters. The normalized spacial score (nSPS) is 20.2. The number of nitrogens with zero attached hydrogens (tertiary/aromatic N) is 2. The molecule has 1 fully saturated rings. The van der Waals surface area contributed by atoms with Crippen LogP contribution in [0.15, 0.2) is 17.7 Å². The Balaban J connectivity index is 2.08. The van der Waals surface area contributed by atoms with E-state index < -0.39 is 17.8 Å². The number of hydrogen-bond donors (Lipinski definition) is 0. The Morgan fingerprint density at radius 2 is 1.79 bits per heavy atom. The SMILES string of the molecule is COc1cc2c(cc1C=C1C(=O)N(C)C(=O)N(C)C1=O)OC(C)C2. The zero-order valence-electron chi connectivity index (χ0n) is 14.0. The summed E-state index contributed by atoms with van der Waals surface area (Å²) in [4.78, 5) is 38.2. The van der Waals surface area contributed by atoms with E-state index in [1.165, 1.54) is 27.3 Å². The first-order valence-corrected chi connectivity index (χ1v) is 7.52. The van der Waals surface area contributed by atoms with Crippen molar-refractivity contribution in [1.82, 2.24) is 9.80 Å². The molecule has 126 valence electrons. The van der Waals surface area contributed by atoms with E-state index in [1.54, 1.807) is 6.07 Å². The van der Waals surface area contributed by atoms with Crippen LogP contribution in [-0.2, 0) is 16.0 Å². The second-order valence-corrected chi connectivity index (χ2v) is 5.90. The van der Waals surface area contributed by atoms with Crippen LogP contribution in [-0.4, -0.2) is 55.0 Å². The van der Waals surface area contributed by atoms with Gasteiger partial charge in [-0.25, -0.2) is 4.79 Å². The number of urea groups is 1. The molecule has 1 saturated heterocycles. The molecule has 1 aromatic carbocycles. The fourth-order valence-electron chi connectivity index (χ4n) is 2.88. The molecule has 0 aliphatic carbocycles. The van der Waals surface area contributed by atoms with Gasteiger partial charge in [0.2, 0.25) is 0 Å². The standard InChI is InChI=1S/C17H18N2O5/c1-9-5-10-7-13(23-4)11(8-14(10)24-9)6-12-15(20)18(2)17(22)19(3)16(12)21/h6-9H,5H2,1-4H3. The Morgan fingerprint density at radius 3 is 2.38 bits per heavy atom. The molecular weight excluding hydrogens is 312 g/mol. The van der Waals surface area contributed by atoms with Crippen molar-refractivity contribution in [3.05, 3.63) is 28.8 Å². The highest BCUT2D eigenvalue weighted by atomic mass is 16.5. The van der Waals surface area contributed by atoms with E-state index in [9.17, 15) is 14.4 Å². The predicted octanol–water partition coefficient (Wildman–Crippen LogP) is 1.45. The van der Waals surface area contributed by atoms with E-state index in [0.29, 0.717) is 17.1 Å². The van der Waals surface area contributed by atoms with Gasteiger partial charge in [-0.1, -0.05) is 0 Å². The van der Waals surface area contributed by atoms with Crippen molar-refractivity contribution in [1.29, 1.82) is 0 Å². The van der Waals surface area contributed by atoms with Gasteiger partial charge in [-0.15, -0.1) is 0 Å². The van der Waals surface area contributed by atoms with Gasteiger partial charge in [-0.2, -0.15) is 0 Å². The van der Waals surface area contributed by atoms with Gasteiger partial charge in [-0.05, 0) is 25.1 Å². The molecule has 4 amide bonds. The first-order chi connectivity index (χ1) is 11.3. The number of methoxy groups -OCH3 is 1. The van der Waals surface area contributed by atoms with E-state index >= 15 is 0 Å². The summed E-state index contributed by atoms with van der Waals surface area (Å²) in [5.74, 6) is -0.0229. The first-order valence-electron chi connectivity index (χ1n) is 7.52. The van der Waals surface area contributed by atoms with Crippen LogP contribution < -0.4 is 9.47 Å². The highest BCUT2D eigenvalue weighted by Gasteiger charge is 2.38. The van der Waals surface area contributed by atoms with Crippen molar-refractivity contribution >= 4 is 23.9 Å². The summed E-state index contributed by atoms with van der Waals surface area (Å²) in [5.41, 5.74) is 1.48. The minimum absolute atomic E-state index is 0.0699. The molecule has 0 aromatic heterocycles. The molecule has 2 aliphatic rings. The van der Waals surface area contributed by atoms with Gasteiger partial charge in [-0.3, -0.25) is 19.4 Å². The molecule has 0 bridgehead atoms. The maximum absolute atomic E-state index is 12.3. The topological polar surface area (TPSA) is 76.2 Å². The maximum atomic E-state index is 12.3. The summed E-state index contributed by atoms with van der Waals surface area (Å²) in [6.45, 7) is 1.97. The summed E-state index contributed by atoms with van der Waals surface area (Å²) in [6.07, 6.45) is 2.29. The number of likely N-dealkylation sites (N-methyl/N-ethyl adjacent to an activating group) is 2. The minimum atomic E-state index is -0.653. The van der Waals surface area contributed by atoms with Crippen molar-refractivity contribution in [3.63, 3.8) is 0 Å². The third-order valence-corrected chi connectivity index (χ3v) is 4.19. The molecule has 7 nitrogen and oxygen atoms in total. The number of amides is 4. The number of hydrogen-bond acceptors (Lipinski definition) is 5. The molecule has 1 aromatic rings. The van der Waals surface area contributed by atoms with Crippen LogP contribution in [0.1, 0.15) is 18.1 Å². The van der Waals surface area contributed by atoms with Gasteiger partial charge in [0.05, 0.1) is 7.11 Å². The van der Waals surface area contributed by atoms with Gasteiger partial charge in [0.1, 0.15) is 23.2 Å².